The zero-order valence-electron chi connectivity index (χ0n) is 18.1. The molecule has 0 N–H and O–H groups in total. The lowest BCUT2D eigenvalue weighted by atomic mass is 10.0. The van der Waals surface area contributed by atoms with Crippen molar-refractivity contribution in [2.75, 3.05) is 38.2 Å². The number of pyridine rings is 1. The van der Waals surface area contributed by atoms with Crippen LogP contribution in [0, 0.1) is 6.92 Å². The second-order valence-corrected chi connectivity index (χ2v) is 7.78. The number of hydrogen-bond acceptors (Lipinski definition) is 6. The first kappa shape index (κ1) is 20.0. The molecule has 2 aromatic heterocycles. The highest BCUT2D eigenvalue weighted by atomic mass is 16.5. The van der Waals surface area contributed by atoms with E-state index in [2.05, 4.69) is 26.3 Å². The van der Waals surface area contributed by atoms with Gasteiger partial charge >= 0.3 is 0 Å². The fourth-order valence-electron chi connectivity index (χ4n) is 4.16. The van der Waals surface area contributed by atoms with Crippen LogP contribution in [0.25, 0.3) is 16.9 Å². The van der Waals surface area contributed by atoms with E-state index in [-0.39, 0.29) is 5.91 Å². The number of fused-ring (bicyclic) bond motifs is 1. The minimum absolute atomic E-state index is 0.0343. The minimum atomic E-state index is 0.0343. The lowest BCUT2D eigenvalue weighted by Gasteiger charge is -2.36. The second-order valence-electron chi connectivity index (χ2n) is 7.78. The molecule has 3 heterocycles. The van der Waals surface area contributed by atoms with E-state index in [4.69, 9.17) is 4.74 Å². The van der Waals surface area contributed by atoms with Crippen molar-refractivity contribution in [1.29, 1.82) is 0 Å². The van der Waals surface area contributed by atoms with E-state index in [0.717, 1.165) is 41.3 Å². The van der Waals surface area contributed by atoms with Crippen LogP contribution in [0.4, 0.5) is 5.69 Å². The molecule has 1 aliphatic rings. The van der Waals surface area contributed by atoms with E-state index in [1.165, 1.54) is 0 Å². The fraction of sp³-hybridized carbons (Fsp3) is 0.250. The molecule has 5 rings (SSSR count). The van der Waals surface area contributed by atoms with Crippen molar-refractivity contribution < 1.29 is 9.53 Å². The zero-order valence-corrected chi connectivity index (χ0v) is 18.1. The SMILES string of the molecule is COc1cccc(N2CCN(C(=O)c3cccc(-n4nnc5cccnc54)c3C)CC2)c1. The van der Waals surface area contributed by atoms with Gasteiger partial charge in [0.25, 0.3) is 5.91 Å². The largest absolute Gasteiger partial charge is 0.497 e. The number of hydrogen-bond donors (Lipinski definition) is 0. The third kappa shape index (κ3) is 3.53. The molecule has 1 saturated heterocycles. The summed E-state index contributed by atoms with van der Waals surface area (Å²) in [5, 5.41) is 8.45. The number of carbonyl (C=O) groups excluding carboxylic acids is 1. The van der Waals surface area contributed by atoms with Gasteiger partial charge in [-0.3, -0.25) is 4.79 Å². The van der Waals surface area contributed by atoms with Crippen molar-refractivity contribution in [3.63, 3.8) is 0 Å². The maximum atomic E-state index is 13.4. The van der Waals surface area contributed by atoms with Gasteiger partial charge in [-0.1, -0.05) is 17.3 Å². The average Bonchev–Trinajstić information content (AvgIpc) is 3.28. The Bertz CT molecular complexity index is 1280. The molecule has 2 aromatic carbocycles. The average molecular weight is 428 g/mol. The van der Waals surface area contributed by atoms with Crippen molar-refractivity contribution in [3.05, 3.63) is 71.9 Å². The van der Waals surface area contributed by atoms with Gasteiger partial charge in [0.2, 0.25) is 0 Å². The van der Waals surface area contributed by atoms with Crippen molar-refractivity contribution in [1.82, 2.24) is 24.9 Å². The van der Waals surface area contributed by atoms with Crippen LogP contribution in [0.15, 0.2) is 60.8 Å². The Morgan fingerprint density at radius 3 is 2.62 bits per heavy atom. The first-order valence-electron chi connectivity index (χ1n) is 10.6. The van der Waals surface area contributed by atoms with Crippen LogP contribution >= 0.6 is 0 Å². The normalized spacial score (nSPS) is 14.1. The van der Waals surface area contributed by atoms with E-state index in [0.29, 0.717) is 24.3 Å². The van der Waals surface area contributed by atoms with Gasteiger partial charge in [0.1, 0.15) is 11.3 Å². The zero-order chi connectivity index (χ0) is 22.1. The molecule has 1 aliphatic heterocycles. The van der Waals surface area contributed by atoms with Crippen LogP contribution in [0.5, 0.6) is 5.75 Å². The molecule has 0 bridgehead atoms. The number of rotatable bonds is 4. The summed E-state index contributed by atoms with van der Waals surface area (Å²) in [7, 11) is 1.67. The first-order valence-corrected chi connectivity index (χ1v) is 10.6. The number of nitrogens with zero attached hydrogens (tertiary/aromatic N) is 6. The molecule has 4 aromatic rings. The fourth-order valence-corrected chi connectivity index (χ4v) is 4.16. The van der Waals surface area contributed by atoms with Crippen LogP contribution in [-0.4, -0.2) is 64.1 Å². The molecule has 8 nitrogen and oxygen atoms in total. The molecular formula is C24H24N6O2. The van der Waals surface area contributed by atoms with Crippen molar-refractivity contribution >= 4 is 22.8 Å². The first-order chi connectivity index (χ1) is 15.7. The predicted molar refractivity (Wildman–Crippen MR) is 123 cm³/mol. The Balaban J connectivity index is 1.36. The van der Waals surface area contributed by atoms with Gasteiger partial charge < -0.3 is 14.5 Å². The molecule has 0 aliphatic carbocycles. The number of benzene rings is 2. The van der Waals surface area contributed by atoms with Gasteiger partial charge in [0, 0.05) is 49.7 Å². The highest BCUT2D eigenvalue weighted by molar-refractivity contribution is 5.96. The number of carbonyl (C=O) groups is 1. The maximum Gasteiger partial charge on any atom is 0.254 e. The van der Waals surface area contributed by atoms with Gasteiger partial charge in [-0.05, 0) is 48.9 Å². The minimum Gasteiger partial charge on any atom is -0.497 e. The molecule has 0 spiro atoms. The van der Waals surface area contributed by atoms with Crippen molar-refractivity contribution in [2.24, 2.45) is 0 Å². The van der Waals surface area contributed by atoms with E-state index >= 15 is 0 Å². The third-order valence-corrected chi connectivity index (χ3v) is 5.96. The monoisotopic (exact) mass is 428 g/mol. The Hall–Kier alpha value is -3.94. The topological polar surface area (TPSA) is 76.4 Å². The van der Waals surface area contributed by atoms with Gasteiger partial charge in [-0.25, -0.2) is 4.98 Å². The quantitative estimate of drug-likeness (QED) is 0.497. The van der Waals surface area contributed by atoms with Crippen molar-refractivity contribution in [3.8, 4) is 11.4 Å². The molecular weight excluding hydrogens is 404 g/mol. The Morgan fingerprint density at radius 1 is 1.00 bits per heavy atom. The second kappa shape index (κ2) is 8.30. The molecule has 0 unspecified atom stereocenters. The highest BCUT2D eigenvalue weighted by Gasteiger charge is 2.25. The molecule has 0 saturated carbocycles. The third-order valence-electron chi connectivity index (χ3n) is 5.96. The number of ether oxygens (including phenoxy) is 1. The molecule has 1 fully saturated rings. The smallest absolute Gasteiger partial charge is 0.254 e. The van der Waals surface area contributed by atoms with Gasteiger partial charge in [0.15, 0.2) is 5.65 Å². The van der Waals surface area contributed by atoms with Gasteiger partial charge in [-0.2, -0.15) is 4.68 Å². The number of piperazine rings is 1. The lowest BCUT2D eigenvalue weighted by Crippen LogP contribution is -2.49. The van der Waals surface area contributed by atoms with E-state index in [1.807, 2.05) is 60.4 Å². The van der Waals surface area contributed by atoms with Crippen LogP contribution in [0.1, 0.15) is 15.9 Å². The summed E-state index contributed by atoms with van der Waals surface area (Å²) in [5.41, 5.74) is 4.86. The molecule has 1 amide bonds. The Morgan fingerprint density at radius 2 is 1.81 bits per heavy atom. The number of methoxy groups -OCH3 is 1. The highest BCUT2D eigenvalue weighted by Crippen LogP contribution is 2.25. The van der Waals surface area contributed by atoms with E-state index < -0.39 is 0 Å². The van der Waals surface area contributed by atoms with Crippen LogP contribution < -0.4 is 9.64 Å². The number of amides is 1. The standard InChI is InChI=1S/C24H24N6O2/c1-17-20(8-4-10-22(17)30-23-21(26-27-30)9-5-11-25-23)24(31)29-14-12-28(13-15-29)18-6-3-7-19(16-18)32-2/h3-11,16H,12-15H2,1-2H3. The predicted octanol–water partition coefficient (Wildman–Crippen LogP) is 3.09. The molecule has 32 heavy (non-hydrogen) atoms. The van der Waals surface area contributed by atoms with Crippen LogP contribution in [0.2, 0.25) is 0 Å². The molecule has 162 valence electrons. The number of anilines is 1. The summed E-state index contributed by atoms with van der Waals surface area (Å²) in [5.74, 6) is 0.871. The van der Waals surface area contributed by atoms with Crippen LogP contribution in [-0.2, 0) is 0 Å². The Labute approximate surface area is 186 Å². The summed E-state index contributed by atoms with van der Waals surface area (Å²) >= 11 is 0. The number of aromatic nitrogens is 4. The summed E-state index contributed by atoms with van der Waals surface area (Å²) in [4.78, 5) is 22.0. The van der Waals surface area contributed by atoms with E-state index in [1.54, 1.807) is 18.0 Å². The van der Waals surface area contributed by atoms with E-state index in [9.17, 15) is 4.79 Å². The lowest BCUT2D eigenvalue weighted by molar-refractivity contribution is 0.0746. The summed E-state index contributed by atoms with van der Waals surface area (Å²) in [6.45, 7) is 4.82. The van der Waals surface area contributed by atoms with Gasteiger partial charge in [0.05, 0.1) is 12.8 Å². The van der Waals surface area contributed by atoms with Crippen molar-refractivity contribution in [2.45, 2.75) is 6.92 Å². The summed E-state index contributed by atoms with van der Waals surface area (Å²) in [6.07, 6.45) is 1.72. The van der Waals surface area contributed by atoms with Gasteiger partial charge in [-0.15, -0.1) is 5.10 Å². The Kier molecular flexibility index (Phi) is 5.18. The molecule has 0 radical (unpaired) electrons. The summed E-state index contributed by atoms with van der Waals surface area (Å²) < 4.78 is 7.03. The molecule has 0 atom stereocenters. The maximum absolute atomic E-state index is 13.4. The summed E-state index contributed by atoms with van der Waals surface area (Å²) in [6, 6.07) is 17.4. The molecule has 8 heteroatoms. The van der Waals surface area contributed by atoms with Crippen LogP contribution in [0.3, 0.4) is 0 Å².